The lowest BCUT2D eigenvalue weighted by Gasteiger charge is -2.01. The van der Waals surface area contributed by atoms with Crippen molar-refractivity contribution in [1.29, 1.82) is 0 Å². The van der Waals surface area contributed by atoms with Gasteiger partial charge in [0.05, 0.1) is 16.2 Å². The summed E-state index contributed by atoms with van der Waals surface area (Å²) in [5.74, 6) is 0. The fraction of sp³-hybridized carbons (Fsp3) is 0. The Balaban J connectivity index is 2.26. The number of pyridine rings is 1. The molecule has 3 aromatic rings. The van der Waals surface area contributed by atoms with Gasteiger partial charge in [0.25, 0.3) is 5.69 Å². The lowest BCUT2D eigenvalue weighted by atomic mass is 10.1. The minimum absolute atomic E-state index is 0.0571. The van der Waals surface area contributed by atoms with Crippen molar-refractivity contribution in [2.45, 2.75) is 0 Å². The van der Waals surface area contributed by atoms with Crippen LogP contribution in [0.25, 0.3) is 22.2 Å². The summed E-state index contributed by atoms with van der Waals surface area (Å²) in [6.07, 6.45) is 1.56. The minimum Gasteiger partial charge on any atom is -0.422 e. The van der Waals surface area contributed by atoms with Crippen LogP contribution >= 0.6 is 0 Å². The van der Waals surface area contributed by atoms with Gasteiger partial charge in [-0.3, -0.25) is 15.1 Å². The molecule has 0 saturated heterocycles. The molecule has 6 nitrogen and oxygen atoms in total. The molecule has 0 aliphatic carbocycles. The summed E-state index contributed by atoms with van der Waals surface area (Å²) in [6, 6.07) is 10.8. The number of nitro groups is 1. The highest BCUT2D eigenvalue weighted by Crippen LogP contribution is 2.23. The van der Waals surface area contributed by atoms with Crippen molar-refractivity contribution in [3.63, 3.8) is 0 Å². The van der Waals surface area contributed by atoms with Crippen LogP contribution in [0.5, 0.6) is 0 Å². The van der Waals surface area contributed by atoms with E-state index in [0.29, 0.717) is 16.7 Å². The minimum atomic E-state index is -0.523. The molecule has 0 N–H and O–H groups in total. The Labute approximate surface area is 112 Å². The molecule has 0 bridgehead atoms. The Kier molecular flexibility index (Phi) is 2.76. The van der Waals surface area contributed by atoms with Crippen molar-refractivity contribution < 1.29 is 9.34 Å². The summed E-state index contributed by atoms with van der Waals surface area (Å²) in [7, 11) is 0. The van der Waals surface area contributed by atoms with E-state index in [1.165, 1.54) is 18.2 Å². The van der Waals surface area contributed by atoms with Gasteiger partial charge in [0.1, 0.15) is 5.58 Å². The molecule has 20 heavy (non-hydrogen) atoms. The van der Waals surface area contributed by atoms with Gasteiger partial charge in [-0.1, -0.05) is 6.07 Å². The molecule has 0 amide bonds. The normalized spacial score (nSPS) is 10.6. The van der Waals surface area contributed by atoms with Crippen LogP contribution in [-0.2, 0) is 0 Å². The number of hydrogen-bond donors (Lipinski definition) is 0. The van der Waals surface area contributed by atoms with Crippen LogP contribution in [0, 0.1) is 10.1 Å². The van der Waals surface area contributed by atoms with Crippen LogP contribution < -0.4 is 5.63 Å². The molecular formula is C14H8N2O4. The fourth-order valence-corrected chi connectivity index (χ4v) is 1.93. The third-order valence-electron chi connectivity index (χ3n) is 2.87. The lowest BCUT2D eigenvalue weighted by molar-refractivity contribution is -0.384. The first-order valence-corrected chi connectivity index (χ1v) is 5.79. The Bertz CT molecular complexity index is 856. The topological polar surface area (TPSA) is 86.2 Å². The number of non-ortho nitro benzene ring substituents is 1. The summed E-state index contributed by atoms with van der Waals surface area (Å²) >= 11 is 0. The predicted molar refractivity (Wildman–Crippen MR) is 72.4 cm³/mol. The van der Waals surface area contributed by atoms with E-state index in [4.69, 9.17) is 4.42 Å². The van der Waals surface area contributed by atoms with Gasteiger partial charge in [0.15, 0.2) is 0 Å². The van der Waals surface area contributed by atoms with E-state index in [0.717, 1.165) is 0 Å². The molecule has 0 saturated carbocycles. The Morgan fingerprint density at radius 3 is 2.70 bits per heavy atom. The average Bonchev–Trinajstić information content (AvgIpc) is 2.47. The Morgan fingerprint density at radius 1 is 1.15 bits per heavy atom. The van der Waals surface area contributed by atoms with Crippen LogP contribution in [0.1, 0.15) is 0 Å². The molecule has 3 rings (SSSR count). The maximum absolute atomic E-state index is 11.9. The number of hydrogen-bond acceptors (Lipinski definition) is 5. The number of rotatable bonds is 2. The second-order valence-corrected chi connectivity index (χ2v) is 4.14. The third-order valence-corrected chi connectivity index (χ3v) is 2.87. The van der Waals surface area contributed by atoms with E-state index in [1.54, 1.807) is 30.5 Å². The number of nitro benzene ring substituents is 1. The molecule has 0 aliphatic rings. The molecule has 0 aliphatic heterocycles. The van der Waals surface area contributed by atoms with Crippen LogP contribution in [0.15, 0.2) is 57.9 Å². The van der Waals surface area contributed by atoms with Gasteiger partial charge in [0, 0.05) is 23.7 Å². The molecular weight excluding hydrogens is 260 g/mol. The Morgan fingerprint density at radius 2 is 2.00 bits per heavy atom. The number of fused-ring (bicyclic) bond motifs is 1. The second kappa shape index (κ2) is 4.58. The smallest absolute Gasteiger partial charge is 0.345 e. The van der Waals surface area contributed by atoms with Crippen LogP contribution in [0.4, 0.5) is 5.69 Å². The third kappa shape index (κ3) is 2.03. The quantitative estimate of drug-likeness (QED) is 0.405. The van der Waals surface area contributed by atoms with Gasteiger partial charge in [-0.05, 0) is 24.3 Å². The highest BCUT2D eigenvalue weighted by atomic mass is 16.6. The Hall–Kier alpha value is -3.02. The summed E-state index contributed by atoms with van der Waals surface area (Å²) < 4.78 is 5.16. The van der Waals surface area contributed by atoms with E-state index < -0.39 is 10.5 Å². The molecule has 6 heteroatoms. The van der Waals surface area contributed by atoms with E-state index in [2.05, 4.69) is 4.98 Å². The van der Waals surface area contributed by atoms with E-state index in [-0.39, 0.29) is 11.3 Å². The zero-order valence-corrected chi connectivity index (χ0v) is 10.1. The molecule has 98 valence electrons. The number of aromatic nitrogens is 1. The molecule has 1 aromatic carbocycles. The largest absolute Gasteiger partial charge is 0.422 e. The molecule has 0 atom stereocenters. The summed E-state index contributed by atoms with van der Waals surface area (Å²) in [5.41, 5.74) is 0.469. The second-order valence-electron chi connectivity index (χ2n) is 4.14. The monoisotopic (exact) mass is 268 g/mol. The van der Waals surface area contributed by atoms with E-state index in [9.17, 15) is 14.9 Å². The summed E-state index contributed by atoms with van der Waals surface area (Å²) in [5, 5.41) is 11.3. The molecule has 2 heterocycles. The van der Waals surface area contributed by atoms with Gasteiger partial charge < -0.3 is 4.42 Å². The first kappa shape index (κ1) is 12.0. The first-order valence-electron chi connectivity index (χ1n) is 5.79. The average molecular weight is 268 g/mol. The van der Waals surface area contributed by atoms with Crippen molar-refractivity contribution in [1.82, 2.24) is 4.98 Å². The van der Waals surface area contributed by atoms with Gasteiger partial charge in [-0.15, -0.1) is 0 Å². The lowest BCUT2D eigenvalue weighted by Crippen LogP contribution is -2.03. The van der Waals surface area contributed by atoms with Crippen molar-refractivity contribution in [3.8, 4) is 11.3 Å². The first-order chi connectivity index (χ1) is 9.65. The highest BCUT2D eigenvalue weighted by Gasteiger charge is 2.12. The van der Waals surface area contributed by atoms with Crippen molar-refractivity contribution in [3.05, 3.63) is 69.2 Å². The summed E-state index contributed by atoms with van der Waals surface area (Å²) in [4.78, 5) is 26.3. The van der Waals surface area contributed by atoms with Gasteiger partial charge in [-0.25, -0.2) is 4.79 Å². The molecule has 0 radical (unpaired) electrons. The van der Waals surface area contributed by atoms with Crippen LogP contribution in [0.3, 0.4) is 0 Å². The SMILES string of the molecule is O=c1oc2ccc([N+](=O)[O-])cc2cc1-c1ccccn1. The van der Waals surface area contributed by atoms with Crippen LogP contribution in [-0.4, -0.2) is 9.91 Å². The van der Waals surface area contributed by atoms with Crippen LogP contribution in [0.2, 0.25) is 0 Å². The molecule has 0 unspecified atom stereocenters. The molecule has 0 spiro atoms. The molecule has 2 aromatic heterocycles. The van der Waals surface area contributed by atoms with Crippen molar-refractivity contribution in [2.75, 3.05) is 0 Å². The summed E-state index contributed by atoms with van der Waals surface area (Å²) in [6.45, 7) is 0. The van der Waals surface area contributed by atoms with E-state index >= 15 is 0 Å². The maximum atomic E-state index is 11.9. The fourth-order valence-electron chi connectivity index (χ4n) is 1.93. The maximum Gasteiger partial charge on any atom is 0.345 e. The standard InChI is InChI=1S/C14H8N2O4/c17-14-11(12-3-1-2-6-15-12)8-9-7-10(16(18)19)4-5-13(9)20-14/h1-8H. The van der Waals surface area contributed by atoms with Crippen molar-refractivity contribution >= 4 is 16.7 Å². The van der Waals surface area contributed by atoms with Gasteiger partial charge in [0.2, 0.25) is 0 Å². The van der Waals surface area contributed by atoms with E-state index in [1.807, 2.05) is 0 Å². The van der Waals surface area contributed by atoms with Crippen molar-refractivity contribution in [2.24, 2.45) is 0 Å². The predicted octanol–water partition coefficient (Wildman–Crippen LogP) is 2.76. The number of benzene rings is 1. The van der Waals surface area contributed by atoms with Gasteiger partial charge in [-0.2, -0.15) is 0 Å². The zero-order chi connectivity index (χ0) is 14.1. The van der Waals surface area contributed by atoms with Gasteiger partial charge >= 0.3 is 5.63 Å². The highest BCUT2D eigenvalue weighted by molar-refractivity contribution is 5.83. The zero-order valence-electron chi connectivity index (χ0n) is 10.1. The molecule has 0 fully saturated rings. The number of nitrogens with zero attached hydrogens (tertiary/aromatic N) is 2.